The zero-order chi connectivity index (χ0) is 10.9. The van der Waals surface area contributed by atoms with E-state index in [1.807, 2.05) is 0 Å². The summed E-state index contributed by atoms with van der Waals surface area (Å²) in [6, 6.07) is 0. The first-order valence-electron chi connectivity index (χ1n) is 5.66. The van der Waals surface area contributed by atoms with Gasteiger partial charge in [-0.05, 0) is 29.1 Å². The number of hydrogen-bond donors (Lipinski definition) is 0. The first-order valence-corrected chi connectivity index (χ1v) is 5.66. The van der Waals surface area contributed by atoms with Crippen molar-refractivity contribution in [1.82, 2.24) is 0 Å². The molecule has 2 unspecified atom stereocenters. The number of rotatable bonds is 3. The van der Waals surface area contributed by atoms with Crippen LogP contribution in [0.1, 0.15) is 61.8 Å². The van der Waals surface area contributed by atoms with Gasteiger partial charge in [0, 0.05) is 0 Å². The zero-order valence-electron chi connectivity index (χ0n) is 10.9. The van der Waals surface area contributed by atoms with E-state index in [4.69, 9.17) is 0 Å². The SMILES string of the molecule is CCC(C)(C(C)C(C)C)C(C)(C)C. The minimum Gasteiger partial charge on any atom is -0.0648 e. The van der Waals surface area contributed by atoms with E-state index in [1.165, 1.54) is 6.42 Å². The molecule has 0 aliphatic carbocycles. The highest BCUT2D eigenvalue weighted by Crippen LogP contribution is 2.49. The topological polar surface area (TPSA) is 0 Å². The summed E-state index contributed by atoms with van der Waals surface area (Å²) < 4.78 is 0. The molecule has 0 amide bonds. The molecule has 0 N–H and O–H groups in total. The van der Waals surface area contributed by atoms with E-state index in [-0.39, 0.29) is 0 Å². The highest BCUT2D eigenvalue weighted by Gasteiger charge is 2.41. The van der Waals surface area contributed by atoms with Gasteiger partial charge in [0.25, 0.3) is 0 Å². The summed E-state index contributed by atoms with van der Waals surface area (Å²) in [6.07, 6.45) is 1.27. The third-order valence-corrected chi connectivity index (χ3v) is 4.45. The lowest BCUT2D eigenvalue weighted by Gasteiger charge is -2.48. The van der Waals surface area contributed by atoms with Crippen molar-refractivity contribution in [2.75, 3.05) is 0 Å². The highest BCUT2D eigenvalue weighted by atomic mass is 14.5. The summed E-state index contributed by atoms with van der Waals surface area (Å²) in [6.45, 7) is 19.0. The molecule has 0 nitrogen and oxygen atoms in total. The highest BCUT2D eigenvalue weighted by molar-refractivity contribution is 4.90. The van der Waals surface area contributed by atoms with Crippen molar-refractivity contribution < 1.29 is 0 Å². The summed E-state index contributed by atoms with van der Waals surface area (Å²) in [4.78, 5) is 0. The smallest absolute Gasteiger partial charge is 0.0252 e. The second kappa shape index (κ2) is 4.02. The Morgan fingerprint density at radius 1 is 0.923 bits per heavy atom. The van der Waals surface area contributed by atoms with Gasteiger partial charge in [-0.2, -0.15) is 0 Å². The van der Waals surface area contributed by atoms with Crippen LogP contribution in [0.4, 0.5) is 0 Å². The molecule has 2 atom stereocenters. The fraction of sp³-hybridized carbons (Fsp3) is 1.00. The van der Waals surface area contributed by atoms with Crippen LogP contribution in [0, 0.1) is 22.7 Å². The Kier molecular flexibility index (Phi) is 4.02. The first kappa shape index (κ1) is 13.0. The maximum Gasteiger partial charge on any atom is -0.0252 e. The van der Waals surface area contributed by atoms with Crippen LogP contribution in [0.15, 0.2) is 0 Å². The first-order chi connectivity index (χ1) is 5.66. The van der Waals surface area contributed by atoms with Crippen molar-refractivity contribution >= 4 is 0 Å². The average molecular weight is 184 g/mol. The lowest BCUT2D eigenvalue weighted by Crippen LogP contribution is -2.40. The van der Waals surface area contributed by atoms with Gasteiger partial charge in [-0.25, -0.2) is 0 Å². The fourth-order valence-corrected chi connectivity index (χ4v) is 2.27. The third kappa shape index (κ3) is 2.48. The maximum absolute atomic E-state index is 2.44. The van der Waals surface area contributed by atoms with Crippen LogP contribution in [0.25, 0.3) is 0 Å². The Labute approximate surface area is 85.1 Å². The second-order valence-electron chi connectivity index (χ2n) is 6.05. The van der Waals surface area contributed by atoms with Gasteiger partial charge in [0.15, 0.2) is 0 Å². The van der Waals surface area contributed by atoms with E-state index in [9.17, 15) is 0 Å². The van der Waals surface area contributed by atoms with Crippen molar-refractivity contribution in [2.45, 2.75) is 61.8 Å². The summed E-state index contributed by atoms with van der Waals surface area (Å²) >= 11 is 0. The third-order valence-electron chi connectivity index (χ3n) is 4.45. The molecule has 0 aromatic heterocycles. The monoisotopic (exact) mass is 184 g/mol. The molecule has 0 saturated carbocycles. The fourth-order valence-electron chi connectivity index (χ4n) is 2.27. The molecule has 0 bridgehead atoms. The van der Waals surface area contributed by atoms with Gasteiger partial charge >= 0.3 is 0 Å². The second-order valence-corrected chi connectivity index (χ2v) is 6.05. The van der Waals surface area contributed by atoms with Crippen LogP contribution < -0.4 is 0 Å². The van der Waals surface area contributed by atoms with E-state index in [2.05, 4.69) is 55.4 Å². The summed E-state index contributed by atoms with van der Waals surface area (Å²) in [5.41, 5.74) is 0.868. The minimum absolute atomic E-state index is 0.408. The van der Waals surface area contributed by atoms with Crippen LogP contribution in [0.5, 0.6) is 0 Å². The molecule has 0 rings (SSSR count). The lowest BCUT2D eigenvalue weighted by atomic mass is 9.57. The Hall–Kier alpha value is 0. The van der Waals surface area contributed by atoms with Crippen LogP contribution in [0.3, 0.4) is 0 Å². The Morgan fingerprint density at radius 3 is 1.38 bits per heavy atom. The summed E-state index contributed by atoms with van der Waals surface area (Å²) in [5, 5.41) is 0. The van der Waals surface area contributed by atoms with E-state index < -0.39 is 0 Å². The van der Waals surface area contributed by atoms with E-state index in [0.717, 1.165) is 11.8 Å². The predicted octanol–water partition coefficient (Wildman–Crippen LogP) is 4.74. The molecular weight excluding hydrogens is 156 g/mol. The number of hydrogen-bond acceptors (Lipinski definition) is 0. The van der Waals surface area contributed by atoms with Gasteiger partial charge in [0.2, 0.25) is 0 Å². The normalized spacial score (nSPS) is 20.1. The molecule has 0 aromatic rings. The van der Waals surface area contributed by atoms with E-state index >= 15 is 0 Å². The van der Waals surface area contributed by atoms with Crippen LogP contribution >= 0.6 is 0 Å². The molecule has 0 fully saturated rings. The lowest BCUT2D eigenvalue weighted by molar-refractivity contribution is 0.0151. The molecule has 0 heterocycles. The van der Waals surface area contributed by atoms with Gasteiger partial charge in [-0.15, -0.1) is 0 Å². The minimum atomic E-state index is 0.408. The van der Waals surface area contributed by atoms with Crippen LogP contribution in [0.2, 0.25) is 0 Å². The van der Waals surface area contributed by atoms with Gasteiger partial charge in [0.05, 0.1) is 0 Å². The molecule has 0 heteroatoms. The average Bonchev–Trinajstić information content (AvgIpc) is 1.99. The molecule has 0 radical (unpaired) electrons. The largest absolute Gasteiger partial charge is 0.0648 e. The summed E-state index contributed by atoms with van der Waals surface area (Å²) in [7, 11) is 0. The van der Waals surface area contributed by atoms with Gasteiger partial charge in [-0.1, -0.05) is 55.4 Å². The van der Waals surface area contributed by atoms with Crippen molar-refractivity contribution in [2.24, 2.45) is 22.7 Å². The predicted molar refractivity (Wildman–Crippen MR) is 61.9 cm³/mol. The molecule has 0 saturated heterocycles. The molecule has 0 aliphatic heterocycles. The van der Waals surface area contributed by atoms with Crippen molar-refractivity contribution in [3.05, 3.63) is 0 Å². The van der Waals surface area contributed by atoms with Gasteiger partial charge < -0.3 is 0 Å². The van der Waals surface area contributed by atoms with Crippen molar-refractivity contribution in [1.29, 1.82) is 0 Å². The molecule has 13 heavy (non-hydrogen) atoms. The Bertz CT molecular complexity index is 150. The van der Waals surface area contributed by atoms with Crippen LogP contribution in [-0.2, 0) is 0 Å². The van der Waals surface area contributed by atoms with E-state index in [0.29, 0.717) is 10.8 Å². The van der Waals surface area contributed by atoms with Crippen LogP contribution in [-0.4, -0.2) is 0 Å². The van der Waals surface area contributed by atoms with E-state index in [1.54, 1.807) is 0 Å². The van der Waals surface area contributed by atoms with Crippen molar-refractivity contribution in [3.8, 4) is 0 Å². The quantitative estimate of drug-likeness (QED) is 0.594. The molecule has 0 spiro atoms. The molecule has 0 aliphatic rings. The van der Waals surface area contributed by atoms with Gasteiger partial charge in [-0.3, -0.25) is 0 Å². The zero-order valence-corrected chi connectivity index (χ0v) is 10.9. The van der Waals surface area contributed by atoms with Crippen molar-refractivity contribution in [3.63, 3.8) is 0 Å². The Morgan fingerprint density at radius 2 is 1.31 bits per heavy atom. The molecule has 80 valence electrons. The van der Waals surface area contributed by atoms with Gasteiger partial charge in [0.1, 0.15) is 0 Å². The Balaban J connectivity index is 4.84. The molecular formula is C13H28. The molecule has 0 aromatic carbocycles. The summed E-state index contributed by atoms with van der Waals surface area (Å²) in [5.74, 6) is 1.57. The maximum atomic E-state index is 2.44. The standard InChI is InChI=1S/C13H28/c1-9-13(8,12(5,6)7)11(4)10(2)3/h10-11H,9H2,1-8H3.